The fourth-order valence-corrected chi connectivity index (χ4v) is 4.85. The van der Waals surface area contributed by atoms with Crippen molar-refractivity contribution in [1.82, 2.24) is 0 Å². The highest BCUT2D eigenvalue weighted by Gasteiger charge is 2.27. The van der Waals surface area contributed by atoms with Gasteiger partial charge in [0.25, 0.3) is 0 Å². The molecule has 1 N–H and O–H groups in total. The standard InChI is InChI=1S/C22H34OS2/c1-21(2,3)17-12-16(13-18(19(17)23)22(4,5)6)20(24)25-14-15-10-8-7-9-11-15/h12-13,15,23H,7-11,14H2,1-6H3. The van der Waals surface area contributed by atoms with Gasteiger partial charge in [-0.2, -0.15) is 0 Å². The van der Waals surface area contributed by atoms with Gasteiger partial charge < -0.3 is 5.11 Å². The van der Waals surface area contributed by atoms with Crippen LogP contribution in [0.25, 0.3) is 0 Å². The first-order valence-electron chi connectivity index (χ1n) is 9.55. The van der Waals surface area contributed by atoms with Crippen LogP contribution >= 0.6 is 24.0 Å². The Morgan fingerprint density at radius 2 is 1.48 bits per heavy atom. The molecule has 1 aromatic rings. The van der Waals surface area contributed by atoms with Crippen LogP contribution in [0, 0.1) is 5.92 Å². The lowest BCUT2D eigenvalue weighted by Gasteiger charge is -2.28. The molecule has 1 aliphatic rings. The molecular formula is C22H34OS2. The monoisotopic (exact) mass is 378 g/mol. The van der Waals surface area contributed by atoms with E-state index in [2.05, 4.69) is 53.7 Å². The first-order chi connectivity index (χ1) is 11.5. The Labute approximate surface area is 164 Å². The van der Waals surface area contributed by atoms with Crippen LogP contribution in [-0.2, 0) is 10.8 Å². The van der Waals surface area contributed by atoms with Crippen LogP contribution < -0.4 is 0 Å². The number of thiocarbonyl (C=S) groups is 1. The molecule has 3 heteroatoms. The average molecular weight is 379 g/mol. The van der Waals surface area contributed by atoms with Crippen molar-refractivity contribution >= 4 is 28.2 Å². The van der Waals surface area contributed by atoms with Crippen LogP contribution in [0.1, 0.15) is 90.3 Å². The van der Waals surface area contributed by atoms with E-state index < -0.39 is 0 Å². The molecule has 0 radical (unpaired) electrons. The van der Waals surface area contributed by atoms with Crippen LogP contribution in [0.5, 0.6) is 5.75 Å². The Bertz CT molecular complexity index is 579. The third-order valence-corrected chi connectivity index (χ3v) is 6.86. The van der Waals surface area contributed by atoms with Crippen molar-refractivity contribution in [1.29, 1.82) is 0 Å². The summed E-state index contributed by atoms with van der Waals surface area (Å²) in [5.74, 6) is 2.39. The van der Waals surface area contributed by atoms with E-state index in [1.54, 1.807) is 0 Å². The maximum Gasteiger partial charge on any atom is 0.123 e. The fourth-order valence-electron chi connectivity index (χ4n) is 3.53. The molecule has 0 amide bonds. The lowest BCUT2D eigenvalue weighted by atomic mass is 9.78. The van der Waals surface area contributed by atoms with Crippen molar-refractivity contribution in [2.45, 2.75) is 84.5 Å². The number of benzene rings is 1. The molecule has 140 valence electrons. The third kappa shape index (κ3) is 5.47. The second-order valence-electron chi connectivity index (χ2n) is 9.52. The third-order valence-electron chi connectivity index (χ3n) is 5.14. The molecular weight excluding hydrogens is 344 g/mol. The molecule has 0 spiro atoms. The van der Waals surface area contributed by atoms with Crippen molar-refractivity contribution in [3.8, 4) is 5.75 Å². The summed E-state index contributed by atoms with van der Waals surface area (Å²) < 4.78 is 0.974. The Morgan fingerprint density at radius 3 is 1.92 bits per heavy atom. The second kappa shape index (κ2) is 8.00. The molecule has 0 bridgehead atoms. The van der Waals surface area contributed by atoms with Gasteiger partial charge in [0, 0.05) is 16.9 Å². The Hall–Kier alpha value is -0.540. The quantitative estimate of drug-likeness (QED) is 0.573. The largest absolute Gasteiger partial charge is 0.507 e. The van der Waals surface area contributed by atoms with Gasteiger partial charge in [0.15, 0.2) is 0 Å². The second-order valence-corrected chi connectivity index (χ2v) is 11.2. The molecule has 1 aromatic carbocycles. The summed E-state index contributed by atoms with van der Waals surface area (Å²) in [7, 11) is 0. The highest BCUT2D eigenvalue weighted by Crippen LogP contribution is 2.40. The molecule has 1 nitrogen and oxygen atoms in total. The van der Waals surface area contributed by atoms with Crippen LogP contribution in [0.4, 0.5) is 0 Å². The molecule has 0 unspecified atom stereocenters. The van der Waals surface area contributed by atoms with Crippen molar-refractivity contribution in [2.24, 2.45) is 5.92 Å². The maximum atomic E-state index is 10.8. The molecule has 1 fully saturated rings. The molecule has 2 rings (SSSR count). The summed E-state index contributed by atoms with van der Waals surface area (Å²) in [5, 5.41) is 10.8. The number of thioether (sulfide) groups is 1. The Morgan fingerprint density at radius 1 is 1.00 bits per heavy atom. The van der Waals surface area contributed by atoms with E-state index in [-0.39, 0.29) is 10.8 Å². The van der Waals surface area contributed by atoms with E-state index in [4.69, 9.17) is 12.2 Å². The average Bonchev–Trinajstić information content (AvgIpc) is 2.51. The first kappa shape index (κ1) is 20.8. The summed E-state index contributed by atoms with van der Waals surface area (Å²) in [6.07, 6.45) is 6.85. The molecule has 0 aromatic heterocycles. The van der Waals surface area contributed by atoms with Gasteiger partial charge in [0.2, 0.25) is 0 Å². The number of hydrogen-bond acceptors (Lipinski definition) is 3. The van der Waals surface area contributed by atoms with Gasteiger partial charge in [0.1, 0.15) is 5.75 Å². The van der Waals surface area contributed by atoms with E-state index in [1.165, 1.54) is 32.1 Å². The molecule has 0 heterocycles. The zero-order valence-corrected chi connectivity index (χ0v) is 18.4. The van der Waals surface area contributed by atoms with Crippen LogP contribution in [0.3, 0.4) is 0 Å². The Balaban J connectivity index is 2.28. The minimum Gasteiger partial charge on any atom is -0.507 e. The molecule has 0 aliphatic heterocycles. The topological polar surface area (TPSA) is 20.2 Å². The number of aromatic hydroxyl groups is 1. The van der Waals surface area contributed by atoms with Gasteiger partial charge >= 0.3 is 0 Å². The van der Waals surface area contributed by atoms with E-state index in [9.17, 15) is 5.11 Å². The number of phenolic OH excluding ortho intramolecular Hbond substituents is 1. The SMILES string of the molecule is CC(C)(C)c1cc(C(=S)SCC2CCCCC2)cc(C(C)(C)C)c1O. The van der Waals surface area contributed by atoms with E-state index in [0.717, 1.165) is 32.6 Å². The molecule has 0 atom stereocenters. The molecule has 1 aliphatic carbocycles. The van der Waals surface area contributed by atoms with Crippen LogP contribution in [0.15, 0.2) is 12.1 Å². The van der Waals surface area contributed by atoms with Gasteiger partial charge in [-0.25, -0.2) is 0 Å². The molecule has 25 heavy (non-hydrogen) atoms. The minimum absolute atomic E-state index is 0.107. The van der Waals surface area contributed by atoms with E-state index in [0.29, 0.717) is 5.75 Å². The first-order valence-corrected chi connectivity index (χ1v) is 10.9. The summed E-state index contributed by atoms with van der Waals surface area (Å²) in [6.45, 7) is 12.9. The predicted molar refractivity (Wildman–Crippen MR) is 116 cm³/mol. The minimum atomic E-state index is -0.107. The van der Waals surface area contributed by atoms with E-state index in [1.807, 2.05) is 11.8 Å². The maximum absolute atomic E-state index is 10.8. The summed E-state index contributed by atoms with van der Waals surface area (Å²) >= 11 is 7.61. The van der Waals surface area contributed by atoms with Gasteiger partial charge in [-0.15, -0.1) is 11.8 Å². The van der Waals surface area contributed by atoms with Gasteiger partial charge in [-0.05, 0) is 47.3 Å². The lowest BCUT2D eigenvalue weighted by Crippen LogP contribution is -2.18. The lowest BCUT2D eigenvalue weighted by molar-refractivity contribution is 0.391. The normalized spacial score (nSPS) is 16.9. The summed E-state index contributed by atoms with van der Waals surface area (Å²) in [4.78, 5) is 0. The zero-order chi connectivity index (χ0) is 18.8. The Kier molecular flexibility index (Phi) is 6.65. The van der Waals surface area contributed by atoms with Gasteiger partial charge in [0.05, 0.1) is 4.20 Å². The van der Waals surface area contributed by atoms with Crippen molar-refractivity contribution in [3.63, 3.8) is 0 Å². The van der Waals surface area contributed by atoms with Crippen molar-refractivity contribution < 1.29 is 5.11 Å². The summed E-state index contributed by atoms with van der Waals surface area (Å²) in [6, 6.07) is 4.22. The number of hydrogen-bond donors (Lipinski definition) is 1. The number of phenols is 1. The highest BCUT2D eigenvalue weighted by molar-refractivity contribution is 8.23. The summed E-state index contributed by atoms with van der Waals surface area (Å²) in [5.41, 5.74) is 2.88. The zero-order valence-electron chi connectivity index (χ0n) is 16.7. The highest BCUT2D eigenvalue weighted by atomic mass is 32.2. The van der Waals surface area contributed by atoms with E-state index >= 15 is 0 Å². The van der Waals surface area contributed by atoms with Crippen molar-refractivity contribution in [3.05, 3.63) is 28.8 Å². The molecule has 0 saturated heterocycles. The van der Waals surface area contributed by atoms with Crippen molar-refractivity contribution in [2.75, 3.05) is 5.75 Å². The predicted octanol–water partition coefficient (Wildman–Crippen LogP) is 6.98. The van der Waals surface area contributed by atoms with Crippen LogP contribution in [-0.4, -0.2) is 15.1 Å². The van der Waals surface area contributed by atoms with Gasteiger partial charge in [-0.3, -0.25) is 0 Å². The van der Waals surface area contributed by atoms with Crippen LogP contribution in [0.2, 0.25) is 0 Å². The number of rotatable bonds is 3. The molecule has 1 saturated carbocycles. The smallest absolute Gasteiger partial charge is 0.123 e. The fraction of sp³-hybridized carbons (Fsp3) is 0.682. The van der Waals surface area contributed by atoms with Gasteiger partial charge in [-0.1, -0.05) is 73.0 Å².